The number of hydrogen-bond acceptors (Lipinski definition) is 5. The monoisotopic (exact) mass is 338 g/mol. The Morgan fingerprint density at radius 2 is 1.88 bits per heavy atom. The van der Waals surface area contributed by atoms with Gasteiger partial charge < -0.3 is 16.6 Å². The van der Waals surface area contributed by atoms with E-state index < -0.39 is 11.8 Å². The minimum absolute atomic E-state index is 0.0540. The normalized spacial score (nSPS) is 21.8. The minimum atomic E-state index is -0.984. The fourth-order valence-electron chi connectivity index (χ4n) is 2.98. The van der Waals surface area contributed by atoms with Gasteiger partial charge in [-0.2, -0.15) is 0 Å². The Kier molecular flexibility index (Phi) is 4.32. The van der Waals surface area contributed by atoms with Crippen molar-refractivity contribution in [1.82, 2.24) is 4.90 Å². The van der Waals surface area contributed by atoms with Crippen molar-refractivity contribution >= 4 is 11.9 Å². The van der Waals surface area contributed by atoms with E-state index in [4.69, 9.17) is 11.5 Å². The molecule has 2 atom stereocenters. The molecular weight excluding hydrogens is 316 g/mol. The maximum Gasteiger partial charge on any atom is 0.231 e. The molecule has 0 bridgehead atoms. The molecule has 0 aliphatic carbocycles. The van der Waals surface area contributed by atoms with Gasteiger partial charge in [0.05, 0.1) is 12.0 Å². The Hall–Kier alpha value is -2.70. The van der Waals surface area contributed by atoms with Crippen molar-refractivity contribution in [1.29, 1.82) is 0 Å². The summed E-state index contributed by atoms with van der Waals surface area (Å²) in [4.78, 5) is 18.1. The molecule has 0 spiro atoms. The summed E-state index contributed by atoms with van der Waals surface area (Å²) < 4.78 is 0. The van der Waals surface area contributed by atoms with Crippen LogP contribution in [0, 0.1) is 0 Å². The zero-order valence-corrected chi connectivity index (χ0v) is 14.3. The summed E-state index contributed by atoms with van der Waals surface area (Å²) in [5.74, 6) is 0.173. The van der Waals surface area contributed by atoms with Crippen LogP contribution in [0.1, 0.15) is 30.7 Å². The quantitative estimate of drug-likeness (QED) is 0.741. The highest BCUT2D eigenvalue weighted by Gasteiger charge is 2.36. The minimum Gasteiger partial charge on any atom is -0.375 e. The topological polar surface area (TPSA) is 105 Å². The van der Waals surface area contributed by atoms with Crippen LogP contribution in [-0.2, 0) is 10.3 Å². The molecule has 0 radical (unpaired) electrons. The fraction of sp³-hybridized carbons (Fsp3) is 0.263. The number of benzene rings is 2. The molecule has 1 aliphatic rings. The Balaban J connectivity index is 1.98. The molecule has 6 nitrogen and oxygen atoms in total. The lowest BCUT2D eigenvalue weighted by Crippen LogP contribution is -2.47. The van der Waals surface area contributed by atoms with Crippen LogP contribution in [-0.4, -0.2) is 28.9 Å². The van der Waals surface area contributed by atoms with Gasteiger partial charge in [-0.3, -0.25) is 9.69 Å². The third-order valence-electron chi connectivity index (χ3n) is 4.64. The smallest absolute Gasteiger partial charge is 0.231 e. The number of aliphatic imine (C=N–C) groups is 1. The van der Waals surface area contributed by atoms with E-state index >= 15 is 0 Å². The molecule has 5 N–H and O–H groups in total. The first-order chi connectivity index (χ1) is 11.8. The van der Waals surface area contributed by atoms with Crippen LogP contribution < -0.4 is 11.5 Å². The molecular formula is C19H22N4O2. The van der Waals surface area contributed by atoms with Gasteiger partial charge in [0.1, 0.15) is 6.23 Å². The molecule has 6 heteroatoms. The molecule has 1 aliphatic heterocycles. The van der Waals surface area contributed by atoms with E-state index in [0.717, 1.165) is 16.7 Å². The van der Waals surface area contributed by atoms with Gasteiger partial charge in [-0.15, -0.1) is 0 Å². The summed E-state index contributed by atoms with van der Waals surface area (Å²) in [6, 6.07) is 15.3. The number of carbonyl (C=O) groups excluding carboxylic acids is 1. The van der Waals surface area contributed by atoms with Gasteiger partial charge in [0.2, 0.25) is 5.91 Å². The van der Waals surface area contributed by atoms with Gasteiger partial charge >= 0.3 is 0 Å². The Morgan fingerprint density at radius 3 is 2.48 bits per heavy atom. The molecule has 0 aromatic heterocycles. The van der Waals surface area contributed by atoms with Gasteiger partial charge in [0, 0.05) is 7.05 Å². The predicted molar refractivity (Wildman–Crippen MR) is 97.4 cm³/mol. The summed E-state index contributed by atoms with van der Waals surface area (Å²) in [7, 11) is 1.63. The summed E-state index contributed by atoms with van der Waals surface area (Å²) in [6.45, 7) is 1.91. The molecule has 3 rings (SSSR count). The number of rotatable bonds is 3. The van der Waals surface area contributed by atoms with Crippen molar-refractivity contribution in [3.8, 4) is 11.1 Å². The zero-order valence-electron chi connectivity index (χ0n) is 14.3. The van der Waals surface area contributed by atoms with E-state index in [1.54, 1.807) is 19.2 Å². The summed E-state index contributed by atoms with van der Waals surface area (Å²) in [6.07, 6.45) is -0.715. The maximum atomic E-state index is 12.2. The van der Waals surface area contributed by atoms with Crippen LogP contribution in [0.3, 0.4) is 0 Å². The Bertz CT molecular complexity index is 830. The van der Waals surface area contributed by atoms with Crippen molar-refractivity contribution in [2.75, 3.05) is 7.05 Å². The van der Waals surface area contributed by atoms with Crippen molar-refractivity contribution in [3.05, 3.63) is 59.7 Å². The van der Waals surface area contributed by atoms with Crippen LogP contribution in [0.5, 0.6) is 0 Å². The first-order valence-corrected chi connectivity index (χ1v) is 8.06. The van der Waals surface area contributed by atoms with Crippen LogP contribution in [0.2, 0.25) is 0 Å². The fourth-order valence-corrected chi connectivity index (χ4v) is 2.98. The van der Waals surface area contributed by atoms with E-state index in [1.807, 2.05) is 43.3 Å². The molecule has 0 fully saturated rings. The summed E-state index contributed by atoms with van der Waals surface area (Å²) >= 11 is 0. The highest BCUT2D eigenvalue weighted by atomic mass is 16.3. The number of hydrogen-bond donors (Lipinski definition) is 3. The summed E-state index contributed by atoms with van der Waals surface area (Å²) in [5, 5.41) is 9.42. The van der Waals surface area contributed by atoms with E-state index in [1.165, 1.54) is 4.90 Å². The Morgan fingerprint density at radius 1 is 1.20 bits per heavy atom. The van der Waals surface area contributed by atoms with Gasteiger partial charge in [-0.25, -0.2) is 4.99 Å². The molecule has 1 amide bonds. The SMILES string of the molecule is CN1C(=O)CC(C)(c2cccc(-c3ccc(C(N)O)cc3)c2)N=C1N. The van der Waals surface area contributed by atoms with Crippen LogP contribution >= 0.6 is 0 Å². The number of carbonyl (C=O) groups is 1. The van der Waals surface area contributed by atoms with E-state index in [-0.39, 0.29) is 18.3 Å². The van der Waals surface area contributed by atoms with Crippen molar-refractivity contribution < 1.29 is 9.90 Å². The lowest BCUT2D eigenvalue weighted by Gasteiger charge is -2.33. The molecule has 2 aromatic carbocycles. The van der Waals surface area contributed by atoms with Crippen LogP contribution in [0.15, 0.2) is 53.5 Å². The van der Waals surface area contributed by atoms with Gasteiger partial charge in [0.25, 0.3) is 0 Å². The number of guanidine groups is 1. The molecule has 0 saturated carbocycles. The van der Waals surface area contributed by atoms with Gasteiger partial charge in [-0.05, 0) is 35.2 Å². The standard InChI is InChI=1S/C19H22N4O2/c1-19(11-16(24)23(2)18(21)22-19)15-5-3-4-14(10-15)12-6-8-13(9-7-12)17(20)25/h3-10,17,25H,11,20H2,1-2H3,(H2,21,22). The molecule has 2 unspecified atom stereocenters. The maximum absolute atomic E-state index is 12.2. The van der Waals surface area contributed by atoms with E-state index in [2.05, 4.69) is 4.99 Å². The molecule has 2 aromatic rings. The largest absolute Gasteiger partial charge is 0.375 e. The second-order valence-electron chi connectivity index (χ2n) is 6.52. The number of aliphatic hydroxyl groups excluding tert-OH is 1. The molecule has 130 valence electrons. The van der Waals surface area contributed by atoms with E-state index in [9.17, 15) is 9.90 Å². The highest BCUT2D eigenvalue weighted by molar-refractivity contribution is 5.98. The molecule has 0 saturated heterocycles. The summed E-state index contributed by atoms with van der Waals surface area (Å²) in [5.41, 5.74) is 14.3. The average Bonchev–Trinajstić information content (AvgIpc) is 2.60. The van der Waals surface area contributed by atoms with Crippen LogP contribution in [0.4, 0.5) is 0 Å². The lowest BCUT2D eigenvalue weighted by molar-refractivity contribution is -0.128. The third-order valence-corrected chi connectivity index (χ3v) is 4.64. The van der Waals surface area contributed by atoms with Crippen molar-refractivity contribution in [2.45, 2.75) is 25.1 Å². The first kappa shape index (κ1) is 17.1. The first-order valence-electron chi connectivity index (χ1n) is 8.06. The zero-order chi connectivity index (χ0) is 18.2. The van der Waals surface area contributed by atoms with E-state index in [0.29, 0.717) is 5.56 Å². The van der Waals surface area contributed by atoms with Gasteiger partial charge in [-0.1, -0.05) is 42.5 Å². The second-order valence-corrected chi connectivity index (χ2v) is 6.52. The van der Waals surface area contributed by atoms with Crippen LogP contribution in [0.25, 0.3) is 11.1 Å². The Labute approximate surface area is 146 Å². The van der Waals surface area contributed by atoms with Crippen molar-refractivity contribution in [3.63, 3.8) is 0 Å². The lowest BCUT2D eigenvalue weighted by atomic mass is 9.86. The highest BCUT2D eigenvalue weighted by Crippen LogP contribution is 2.35. The number of nitrogens with two attached hydrogens (primary N) is 2. The number of amides is 1. The second kappa shape index (κ2) is 6.31. The predicted octanol–water partition coefficient (Wildman–Crippen LogP) is 1.70. The number of nitrogens with zero attached hydrogens (tertiary/aromatic N) is 2. The number of aliphatic hydroxyl groups is 1. The average molecular weight is 338 g/mol. The molecule has 1 heterocycles. The van der Waals surface area contributed by atoms with Gasteiger partial charge in [0.15, 0.2) is 5.96 Å². The van der Waals surface area contributed by atoms with Crippen molar-refractivity contribution in [2.24, 2.45) is 16.5 Å². The molecule has 25 heavy (non-hydrogen) atoms. The third kappa shape index (κ3) is 3.26.